The molecule has 62 valence electrons. The maximum Gasteiger partial charge on any atom is 0.0852 e. The molecule has 0 saturated carbocycles. The van der Waals surface area contributed by atoms with Crippen LogP contribution in [0.1, 0.15) is 19.8 Å². The fourth-order valence-corrected chi connectivity index (χ4v) is 0.866. The van der Waals surface area contributed by atoms with Crippen LogP contribution in [0.25, 0.3) is 0 Å². The predicted molar refractivity (Wildman–Crippen MR) is 40.8 cm³/mol. The normalized spacial score (nSPS) is 16.8. The first-order valence-electron chi connectivity index (χ1n) is 3.54. The molecule has 1 unspecified atom stereocenters. The Morgan fingerprint density at radius 3 is 2.60 bits per heavy atom. The molecule has 3 heteroatoms. The van der Waals surface area contributed by atoms with Gasteiger partial charge in [-0.15, -0.1) is 0 Å². The standard InChI is InChI=1S/C7H17NO2/c1-7(9,6-10-2)4-3-5-8/h9H,3-6,8H2,1-2H3. The molecule has 0 spiro atoms. The topological polar surface area (TPSA) is 55.5 Å². The molecule has 3 N–H and O–H groups in total. The minimum Gasteiger partial charge on any atom is -0.388 e. The van der Waals surface area contributed by atoms with Gasteiger partial charge in [-0.25, -0.2) is 0 Å². The van der Waals surface area contributed by atoms with Gasteiger partial charge in [0.25, 0.3) is 0 Å². The summed E-state index contributed by atoms with van der Waals surface area (Å²) in [5.41, 5.74) is 4.58. The Balaban J connectivity index is 3.42. The molecule has 1 atom stereocenters. The lowest BCUT2D eigenvalue weighted by atomic mass is 10.0. The Labute approximate surface area is 62.2 Å². The van der Waals surface area contributed by atoms with Gasteiger partial charge in [0.1, 0.15) is 0 Å². The van der Waals surface area contributed by atoms with E-state index in [9.17, 15) is 5.11 Å². The minimum absolute atomic E-state index is 0.382. The second-order valence-electron chi connectivity index (χ2n) is 2.82. The van der Waals surface area contributed by atoms with Gasteiger partial charge in [0.2, 0.25) is 0 Å². The molecule has 0 rings (SSSR count). The molecule has 0 fully saturated rings. The smallest absolute Gasteiger partial charge is 0.0852 e. The fraction of sp³-hybridized carbons (Fsp3) is 1.00. The van der Waals surface area contributed by atoms with E-state index >= 15 is 0 Å². The van der Waals surface area contributed by atoms with Crippen LogP contribution in [0.4, 0.5) is 0 Å². The molecule has 3 nitrogen and oxygen atoms in total. The molecule has 0 aliphatic carbocycles. The summed E-state index contributed by atoms with van der Waals surface area (Å²) in [5.74, 6) is 0. The molecule has 0 aromatic carbocycles. The fourth-order valence-electron chi connectivity index (χ4n) is 0.866. The zero-order chi connectivity index (χ0) is 8.04. The highest BCUT2D eigenvalue weighted by Crippen LogP contribution is 2.10. The van der Waals surface area contributed by atoms with Crippen molar-refractivity contribution in [3.63, 3.8) is 0 Å². The van der Waals surface area contributed by atoms with Gasteiger partial charge < -0.3 is 15.6 Å². The van der Waals surface area contributed by atoms with Crippen LogP contribution >= 0.6 is 0 Å². The summed E-state index contributed by atoms with van der Waals surface area (Å²) in [7, 11) is 1.58. The van der Waals surface area contributed by atoms with E-state index in [1.165, 1.54) is 0 Å². The first-order valence-corrected chi connectivity index (χ1v) is 3.54. The van der Waals surface area contributed by atoms with Crippen LogP contribution in [-0.2, 0) is 4.74 Å². The van der Waals surface area contributed by atoms with Gasteiger partial charge >= 0.3 is 0 Å². The van der Waals surface area contributed by atoms with Gasteiger partial charge in [0.05, 0.1) is 12.2 Å². The molecular formula is C7H17NO2. The summed E-state index contributed by atoms with van der Waals surface area (Å²) < 4.78 is 4.81. The molecule has 0 aromatic rings. The summed E-state index contributed by atoms with van der Waals surface area (Å²) in [5, 5.41) is 9.46. The molecule has 0 aliphatic rings. The Kier molecular flexibility index (Phi) is 4.60. The number of ether oxygens (including phenoxy) is 1. The highest BCUT2D eigenvalue weighted by molar-refractivity contribution is 4.71. The Bertz CT molecular complexity index is 83.7. The number of nitrogens with two attached hydrogens (primary N) is 1. The molecule has 0 amide bonds. The van der Waals surface area contributed by atoms with Crippen LogP contribution in [0.2, 0.25) is 0 Å². The van der Waals surface area contributed by atoms with E-state index in [-0.39, 0.29) is 0 Å². The molecule has 0 heterocycles. The lowest BCUT2D eigenvalue weighted by Gasteiger charge is -2.21. The first-order chi connectivity index (χ1) is 4.62. The number of methoxy groups -OCH3 is 1. The van der Waals surface area contributed by atoms with Crippen molar-refractivity contribution in [1.82, 2.24) is 0 Å². The van der Waals surface area contributed by atoms with Crippen molar-refractivity contribution >= 4 is 0 Å². The van der Waals surface area contributed by atoms with Crippen molar-refractivity contribution in [3.05, 3.63) is 0 Å². The zero-order valence-electron chi connectivity index (χ0n) is 6.76. The Morgan fingerprint density at radius 1 is 1.60 bits per heavy atom. The summed E-state index contributed by atoms with van der Waals surface area (Å²) in [6.07, 6.45) is 1.55. The van der Waals surface area contributed by atoms with E-state index in [2.05, 4.69) is 0 Å². The van der Waals surface area contributed by atoms with Crippen LogP contribution in [0, 0.1) is 0 Å². The van der Waals surface area contributed by atoms with Crippen LogP contribution in [0.5, 0.6) is 0 Å². The SMILES string of the molecule is COCC(C)(O)CCCN. The van der Waals surface area contributed by atoms with E-state index in [1.807, 2.05) is 0 Å². The summed E-state index contributed by atoms with van der Waals surface area (Å²) in [6, 6.07) is 0. The number of rotatable bonds is 5. The highest BCUT2D eigenvalue weighted by Gasteiger charge is 2.18. The summed E-state index contributed by atoms with van der Waals surface area (Å²) >= 11 is 0. The van der Waals surface area contributed by atoms with Crippen LogP contribution in [-0.4, -0.2) is 31.0 Å². The first kappa shape index (κ1) is 9.88. The number of aliphatic hydroxyl groups is 1. The van der Waals surface area contributed by atoms with Crippen molar-refractivity contribution in [1.29, 1.82) is 0 Å². The lowest BCUT2D eigenvalue weighted by Crippen LogP contribution is -2.30. The van der Waals surface area contributed by atoms with E-state index < -0.39 is 5.60 Å². The third-order valence-corrected chi connectivity index (χ3v) is 1.37. The average molecular weight is 147 g/mol. The molecule has 0 saturated heterocycles. The molecule has 10 heavy (non-hydrogen) atoms. The number of hydrogen-bond donors (Lipinski definition) is 2. The van der Waals surface area contributed by atoms with Crippen LogP contribution < -0.4 is 5.73 Å². The van der Waals surface area contributed by atoms with Gasteiger partial charge in [-0.05, 0) is 26.3 Å². The van der Waals surface area contributed by atoms with Crippen LogP contribution in [0.3, 0.4) is 0 Å². The van der Waals surface area contributed by atoms with E-state index in [1.54, 1.807) is 14.0 Å². The van der Waals surface area contributed by atoms with Crippen molar-refractivity contribution < 1.29 is 9.84 Å². The molecule has 0 bridgehead atoms. The lowest BCUT2D eigenvalue weighted by molar-refractivity contribution is -0.0233. The number of hydrogen-bond acceptors (Lipinski definition) is 3. The maximum atomic E-state index is 9.46. The molecular weight excluding hydrogens is 130 g/mol. The molecule has 0 aromatic heterocycles. The van der Waals surface area contributed by atoms with Gasteiger partial charge in [0, 0.05) is 7.11 Å². The Hall–Kier alpha value is -0.120. The average Bonchev–Trinajstić information content (AvgIpc) is 1.84. The summed E-state index contributed by atoms with van der Waals surface area (Å²) in [6.45, 7) is 2.76. The minimum atomic E-state index is -0.700. The third kappa shape index (κ3) is 4.73. The highest BCUT2D eigenvalue weighted by atomic mass is 16.5. The largest absolute Gasteiger partial charge is 0.388 e. The van der Waals surface area contributed by atoms with Crippen molar-refractivity contribution in [2.45, 2.75) is 25.4 Å². The van der Waals surface area contributed by atoms with Crippen molar-refractivity contribution in [2.24, 2.45) is 5.73 Å². The third-order valence-electron chi connectivity index (χ3n) is 1.37. The van der Waals surface area contributed by atoms with Gasteiger partial charge in [0.15, 0.2) is 0 Å². The van der Waals surface area contributed by atoms with Gasteiger partial charge in [-0.2, -0.15) is 0 Å². The molecule has 0 radical (unpaired) electrons. The predicted octanol–water partition coefficient (Wildman–Crippen LogP) is 0.123. The van der Waals surface area contributed by atoms with E-state index in [4.69, 9.17) is 10.5 Å². The van der Waals surface area contributed by atoms with Gasteiger partial charge in [-0.1, -0.05) is 0 Å². The van der Waals surface area contributed by atoms with E-state index in [0.29, 0.717) is 19.6 Å². The Morgan fingerprint density at radius 2 is 2.20 bits per heavy atom. The van der Waals surface area contributed by atoms with E-state index in [0.717, 1.165) is 6.42 Å². The summed E-state index contributed by atoms with van der Waals surface area (Å²) in [4.78, 5) is 0. The quantitative estimate of drug-likeness (QED) is 0.581. The second-order valence-corrected chi connectivity index (χ2v) is 2.82. The zero-order valence-corrected chi connectivity index (χ0v) is 6.76. The second kappa shape index (κ2) is 4.66. The maximum absolute atomic E-state index is 9.46. The van der Waals surface area contributed by atoms with Crippen LogP contribution in [0.15, 0.2) is 0 Å². The monoisotopic (exact) mass is 147 g/mol. The molecule has 0 aliphatic heterocycles. The van der Waals surface area contributed by atoms with Crippen molar-refractivity contribution in [3.8, 4) is 0 Å². The van der Waals surface area contributed by atoms with Gasteiger partial charge in [-0.3, -0.25) is 0 Å². The van der Waals surface area contributed by atoms with Crippen molar-refractivity contribution in [2.75, 3.05) is 20.3 Å².